The summed E-state index contributed by atoms with van der Waals surface area (Å²) in [5.41, 5.74) is 1.03. The van der Waals surface area contributed by atoms with Gasteiger partial charge in [-0.2, -0.15) is 0 Å². The predicted molar refractivity (Wildman–Crippen MR) is 83.4 cm³/mol. The number of methoxy groups -OCH3 is 1. The third kappa shape index (κ3) is 6.60. The third-order valence-electron chi connectivity index (χ3n) is 2.99. The van der Waals surface area contributed by atoms with Gasteiger partial charge in [-0.1, -0.05) is 25.1 Å². The predicted octanol–water partition coefficient (Wildman–Crippen LogP) is 1.72. The van der Waals surface area contributed by atoms with E-state index in [0.29, 0.717) is 19.7 Å². The molecule has 0 aliphatic heterocycles. The lowest BCUT2D eigenvalue weighted by atomic mass is 10.2. The molecule has 2 N–H and O–H groups in total. The van der Waals surface area contributed by atoms with E-state index < -0.39 is 6.10 Å². The Hall–Kier alpha value is -1.59. The Kier molecular flexibility index (Phi) is 8.47. The fourth-order valence-electron chi connectivity index (χ4n) is 1.80. The number of benzene rings is 1. The van der Waals surface area contributed by atoms with Crippen LogP contribution in [0.5, 0.6) is 5.75 Å². The van der Waals surface area contributed by atoms with Gasteiger partial charge < -0.3 is 20.1 Å². The molecule has 5 nitrogen and oxygen atoms in total. The number of para-hydroxylation sites is 1. The Balaban J connectivity index is 2.55. The maximum absolute atomic E-state index is 11.8. The molecule has 0 radical (unpaired) electrons. The van der Waals surface area contributed by atoms with Crippen molar-refractivity contribution in [2.75, 3.05) is 26.8 Å². The summed E-state index contributed by atoms with van der Waals surface area (Å²) < 4.78 is 10.8. The van der Waals surface area contributed by atoms with Crippen molar-refractivity contribution < 1.29 is 14.3 Å². The van der Waals surface area contributed by atoms with Crippen LogP contribution in [0.25, 0.3) is 0 Å². The topological polar surface area (TPSA) is 59.6 Å². The maximum Gasteiger partial charge on any atom is 0.260 e. The standard InChI is InChI=1S/C16H26N2O3/c1-4-9-18-16(19)13(2)21-15-8-6-5-7-14(15)12-17-10-11-20-3/h5-8,13,17H,4,9-12H2,1-3H3,(H,18,19). The zero-order chi connectivity index (χ0) is 15.5. The fourth-order valence-corrected chi connectivity index (χ4v) is 1.80. The molecule has 0 aromatic heterocycles. The SMILES string of the molecule is CCCNC(=O)C(C)Oc1ccccc1CNCCOC. The second-order valence-electron chi connectivity index (χ2n) is 4.83. The van der Waals surface area contributed by atoms with E-state index in [1.54, 1.807) is 14.0 Å². The number of hydrogen-bond acceptors (Lipinski definition) is 4. The first-order chi connectivity index (χ1) is 10.2. The second-order valence-corrected chi connectivity index (χ2v) is 4.83. The number of nitrogens with one attached hydrogen (secondary N) is 2. The zero-order valence-corrected chi connectivity index (χ0v) is 13.1. The van der Waals surface area contributed by atoms with E-state index >= 15 is 0 Å². The van der Waals surface area contributed by atoms with Crippen LogP contribution in [0.15, 0.2) is 24.3 Å². The Morgan fingerprint density at radius 1 is 1.29 bits per heavy atom. The van der Waals surface area contributed by atoms with Gasteiger partial charge in [0.05, 0.1) is 6.61 Å². The van der Waals surface area contributed by atoms with E-state index in [4.69, 9.17) is 9.47 Å². The fraction of sp³-hybridized carbons (Fsp3) is 0.562. The van der Waals surface area contributed by atoms with Crippen LogP contribution in [0.2, 0.25) is 0 Å². The molecule has 0 saturated carbocycles. The van der Waals surface area contributed by atoms with Gasteiger partial charge in [-0.3, -0.25) is 4.79 Å². The molecular formula is C16H26N2O3. The molecule has 0 spiro atoms. The van der Waals surface area contributed by atoms with Crippen molar-refractivity contribution in [3.63, 3.8) is 0 Å². The first kappa shape index (κ1) is 17.5. The summed E-state index contributed by atoms with van der Waals surface area (Å²) in [6.45, 7) is 6.58. The molecule has 0 heterocycles. The molecule has 118 valence electrons. The van der Waals surface area contributed by atoms with Crippen LogP contribution in [-0.2, 0) is 16.1 Å². The first-order valence-electron chi connectivity index (χ1n) is 7.41. The summed E-state index contributed by atoms with van der Waals surface area (Å²) in [5.74, 6) is 0.653. The van der Waals surface area contributed by atoms with Crippen LogP contribution >= 0.6 is 0 Å². The number of hydrogen-bond donors (Lipinski definition) is 2. The molecular weight excluding hydrogens is 268 g/mol. The lowest BCUT2D eigenvalue weighted by Gasteiger charge is -2.17. The lowest BCUT2D eigenvalue weighted by molar-refractivity contribution is -0.127. The summed E-state index contributed by atoms with van der Waals surface area (Å²) in [7, 11) is 1.68. The van der Waals surface area contributed by atoms with E-state index in [-0.39, 0.29) is 5.91 Å². The van der Waals surface area contributed by atoms with Gasteiger partial charge in [0.2, 0.25) is 0 Å². The Bertz CT molecular complexity index is 424. The van der Waals surface area contributed by atoms with E-state index in [0.717, 1.165) is 24.3 Å². The molecule has 0 saturated heterocycles. The maximum atomic E-state index is 11.8. The van der Waals surface area contributed by atoms with Crippen molar-refractivity contribution in [2.24, 2.45) is 0 Å². The van der Waals surface area contributed by atoms with Crippen molar-refractivity contribution in [3.8, 4) is 5.75 Å². The van der Waals surface area contributed by atoms with Crippen LogP contribution < -0.4 is 15.4 Å². The molecule has 1 aromatic rings. The molecule has 0 fully saturated rings. The Morgan fingerprint density at radius 3 is 2.76 bits per heavy atom. The summed E-state index contributed by atoms with van der Waals surface area (Å²) in [6, 6.07) is 7.75. The van der Waals surface area contributed by atoms with Gasteiger partial charge >= 0.3 is 0 Å². The molecule has 0 aliphatic rings. The quantitative estimate of drug-likeness (QED) is 0.645. The van der Waals surface area contributed by atoms with Gasteiger partial charge in [-0.15, -0.1) is 0 Å². The molecule has 1 rings (SSSR count). The van der Waals surface area contributed by atoms with E-state index in [2.05, 4.69) is 10.6 Å². The highest BCUT2D eigenvalue weighted by atomic mass is 16.5. The highest BCUT2D eigenvalue weighted by Crippen LogP contribution is 2.19. The molecule has 0 aliphatic carbocycles. The molecule has 1 amide bonds. The van der Waals surface area contributed by atoms with E-state index in [1.165, 1.54) is 0 Å². The molecule has 1 unspecified atom stereocenters. The third-order valence-corrected chi connectivity index (χ3v) is 2.99. The molecule has 5 heteroatoms. The van der Waals surface area contributed by atoms with Gasteiger partial charge in [0.25, 0.3) is 5.91 Å². The summed E-state index contributed by atoms with van der Waals surface area (Å²) in [5, 5.41) is 6.11. The van der Waals surface area contributed by atoms with Crippen molar-refractivity contribution in [3.05, 3.63) is 29.8 Å². The van der Waals surface area contributed by atoms with Crippen LogP contribution in [0, 0.1) is 0 Å². The van der Waals surface area contributed by atoms with Gasteiger partial charge in [0, 0.05) is 32.3 Å². The zero-order valence-electron chi connectivity index (χ0n) is 13.1. The number of rotatable bonds is 10. The summed E-state index contributed by atoms with van der Waals surface area (Å²) in [6.07, 6.45) is 0.412. The monoisotopic (exact) mass is 294 g/mol. The number of amides is 1. The molecule has 1 aromatic carbocycles. The first-order valence-corrected chi connectivity index (χ1v) is 7.41. The Labute approximate surface area is 127 Å². The largest absolute Gasteiger partial charge is 0.481 e. The van der Waals surface area contributed by atoms with Crippen molar-refractivity contribution >= 4 is 5.91 Å². The van der Waals surface area contributed by atoms with Gasteiger partial charge in [0.15, 0.2) is 6.10 Å². The molecule has 0 bridgehead atoms. The number of carbonyl (C=O) groups excluding carboxylic acids is 1. The number of carbonyl (C=O) groups is 1. The van der Waals surface area contributed by atoms with Crippen LogP contribution in [0.4, 0.5) is 0 Å². The van der Waals surface area contributed by atoms with Gasteiger partial charge in [0.1, 0.15) is 5.75 Å². The smallest absolute Gasteiger partial charge is 0.260 e. The second kappa shape index (κ2) is 10.2. The average molecular weight is 294 g/mol. The van der Waals surface area contributed by atoms with Crippen LogP contribution in [-0.4, -0.2) is 38.8 Å². The van der Waals surface area contributed by atoms with Crippen LogP contribution in [0.3, 0.4) is 0 Å². The van der Waals surface area contributed by atoms with Crippen LogP contribution in [0.1, 0.15) is 25.8 Å². The lowest BCUT2D eigenvalue weighted by Crippen LogP contribution is -2.36. The Morgan fingerprint density at radius 2 is 2.05 bits per heavy atom. The minimum Gasteiger partial charge on any atom is -0.481 e. The van der Waals surface area contributed by atoms with E-state index in [9.17, 15) is 4.79 Å². The normalized spacial score (nSPS) is 12.0. The average Bonchev–Trinajstić information content (AvgIpc) is 2.50. The molecule has 21 heavy (non-hydrogen) atoms. The summed E-state index contributed by atoms with van der Waals surface area (Å²) in [4.78, 5) is 11.8. The number of ether oxygens (including phenoxy) is 2. The minimum absolute atomic E-state index is 0.0843. The van der Waals surface area contributed by atoms with Gasteiger partial charge in [-0.05, 0) is 19.4 Å². The summed E-state index contributed by atoms with van der Waals surface area (Å²) >= 11 is 0. The highest BCUT2D eigenvalue weighted by Gasteiger charge is 2.15. The van der Waals surface area contributed by atoms with Crippen molar-refractivity contribution in [1.29, 1.82) is 0 Å². The van der Waals surface area contributed by atoms with Gasteiger partial charge in [-0.25, -0.2) is 0 Å². The van der Waals surface area contributed by atoms with Crippen molar-refractivity contribution in [1.82, 2.24) is 10.6 Å². The van der Waals surface area contributed by atoms with Crippen molar-refractivity contribution in [2.45, 2.75) is 32.9 Å². The van der Waals surface area contributed by atoms with E-state index in [1.807, 2.05) is 31.2 Å². The highest BCUT2D eigenvalue weighted by molar-refractivity contribution is 5.80. The molecule has 1 atom stereocenters. The minimum atomic E-state index is -0.503.